The average Bonchev–Trinajstić information content (AvgIpc) is 2.87. The summed E-state index contributed by atoms with van der Waals surface area (Å²) in [6, 6.07) is 0. The lowest BCUT2D eigenvalue weighted by atomic mass is 9.88. The fraction of sp³-hybridized carbons (Fsp3) is 0.800. The van der Waals surface area contributed by atoms with Crippen molar-refractivity contribution in [3.8, 4) is 0 Å². The molecule has 30 heteroatoms. The lowest BCUT2D eigenvalue weighted by Crippen LogP contribution is -2.70. The van der Waals surface area contributed by atoms with Crippen LogP contribution in [-0.2, 0) is 9.59 Å². The molecule has 0 radical (unpaired) electrons. The number of carbonyl (C=O) groups excluding carboxylic acids is 2. The van der Waals surface area contributed by atoms with Crippen LogP contribution < -0.4 is 10.2 Å². The summed E-state index contributed by atoms with van der Waals surface area (Å²) in [6.45, 7) is 0. The summed E-state index contributed by atoms with van der Waals surface area (Å²) in [5.74, 6) is -88.3. The molecule has 50 heavy (non-hydrogen) atoms. The predicted octanol–water partition coefficient (Wildman–Crippen LogP) is 6.82. The Kier molecular flexibility index (Phi) is 12.0. The molecule has 0 spiro atoms. The van der Waals surface area contributed by atoms with Crippen molar-refractivity contribution in [1.29, 1.82) is 0 Å². The van der Waals surface area contributed by atoms with E-state index in [9.17, 15) is 134 Å². The molecule has 0 aliphatic heterocycles. The first-order valence-corrected chi connectivity index (χ1v) is 11.4. The highest BCUT2D eigenvalue weighted by atomic mass is 19.4. The molecule has 0 unspecified atom stereocenters. The summed E-state index contributed by atoms with van der Waals surface area (Å²) >= 11 is 0. The molecule has 0 saturated carbocycles. The summed E-state index contributed by atoms with van der Waals surface area (Å²) in [5, 5.41) is 22.2. The van der Waals surface area contributed by atoms with Gasteiger partial charge in [0.1, 0.15) is 0 Å². The molecule has 0 amide bonds. The SMILES string of the molecule is O=C([O-])/C(CCC(F)(F)C(F)(F)C(F)(F)C(F)(F)C(F)(F)C(F)(F)F)=C(/CCC(F)(F)C(F)(F)C(F)(F)C(F)(F)C(F)(F)C(F)(F)F)C(=O)[O-]. The number of halogens is 26. The number of carboxylic acid groups (broad SMARTS) is 2. The maximum atomic E-state index is 14.0. The van der Waals surface area contributed by atoms with E-state index in [-0.39, 0.29) is 0 Å². The van der Waals surface area contributed by atoms with E-state index in [2.05, 4.69) is 0 Å². The van der Waals surface area contributed by atoms with Crippen LogP contribution in [-0.4, -0.2) is 83.5 Å². The molecule has 0 saturated heterocycles. The lowest BCUT2D eigenvalue weighted by Gasteiger charge is -2.40. The van der Waals surface area contributed by atoms with Crippen LogP contribution in [0.25, 0.3) is 0 Å². The van der Waals surface area contributed by atoms with E-state index in [1.165, 1.54) is 0 Å². The molecule has 0 aliphatic carbocycles. The number of carbonyl (C=O) groups is 2. The van der Waals surface area contributed by atoms with E-state index in [4.69, 9.17) is 0 Å². The van der Waals surface area contributed by atoms with Gasteiger partial charge in [0.2, 0.25) is 0 Å². The minimum Gasteiger partial charge on any atom is -0.545 e. The maximum Gasteiger partial charge on any atom is 0.460 e. The monoisotopic (exact) mass is 806 g/mol. The minimum atomic E-state index is -8.51. The van der Waals surface area contributed by atoms with Crippen molar-refractivity contribution in [1.82, 2.24) is 0 Å². The van der Waals surface area contributed by atoms with Crippen molar-refractivity contribution in [2.24, 2.45) is 0 Å². The van der Waals surface area contributed by atoms with Crippen molar-refractivity contribution in [3.05, 3.63) is 11.1 Å². The van der Waals surface area contributed by atoms with E-state index >= 15 is 0 Å². The molecule has 4 nitrogen and oxygen atoms in total. The minimum absolute atomic E-state index is 2.88. The number of aliphatic carboxylic acids is 2. The van der Waals surface area contributed by atoms with Crippen LogP contribution in [0.4, 0.5) is 114 Å². The zero-order valence-corrected chi connectivity index (χ0v) is 22.3. The Labute approximate surface area is 255 Å². The average molecular weight is 806 g/mol. The first-order valence-electron chi connectivity index (χ1n) is 11.4. The molecule has 0 rings (SSSR count). The van der Waals surface area contributed by atoms with E-state index < -0.39 is 120 Å². The lowest BCUT2D eigenvalue weighted by molar-refractivity contribution is -0.440. The zero-order chi connectivity index (χ0) is 41.1. The Bertz CT molecular complexity index is 1210. The van der Waals surface area contributed by atoms with Gasteiger partial charge in [0, 0.05) is 12.8 Å². The van der Waals surface area contributed by atoms with E-state index in [1.54, 1.807) is 0 Å². The van der Waals surface area contributed by atoms with Gasteiger partial charge in [-0.05, 0) is 24.0 Å². The van der Waals surface area contributed by atoms with Gasteiger partial charge in [-0.1, -0.05) is 0 Å². The Balaban J connectivity index is 6.86. The second-order valence-electron chi connectivity index (χ2n) is 9.53. The fourth-order valence-corrected chi connectivity index (χ4v) is 3.23. The third kappa shape index (κ3) is 7.02. The Hall–Kier alpha value is -3.14. The number of alkyl halides is 26. The smallest absolute Gasteiger partial charge is 0.460 e. The topological polar surface area (TPSA) is 80.3 Å². The van der Waals surface area contributed by atoms with Crippen molar-refractivity contribution >= 4 is 11.9 Å². The number of rotatable bonds is 16. The number of hydrogen-bond acceptors (Lipinski definition) is 4. The summed E-state index contributed by atoms with van der Waals surface area (Å²) < 4.78 is 342. The molecule has 0 aromatic rings. The third-order valence-electron chi connectivity index (χ3n) is 6.23. The maximum absolute atomic E-state index is 14.0. The summed E-state index contributed by atoms with van der Waals surface area (Å²) in [4.78, 5) is 22.2. The Morgan fingerprint density at radius 2 is 0.500 bits per heavy atom. The van der Waals surface area contributed by atoms with Gasteiger partial charge in [-0.3, -0.25) is 0 Å². The van der Waals surface area contributed by atoms with Gasteiger partial charge in [0.25, 0.3) is 0 Å². The molecule has 0 N–H and O–H groups in total. The molecule has 0 bridgehead atoms. The van der Waals surface area contributed by atoms with Crippen molar-refractivity contribution in [2.75, 3.05) is 0 Å². The molecule has 0 aromatic carbocycles. The van der Waals surface area contributed by atoms with Crippen LogP contribution in [0.5, 0.6) is 0 Å². The molecule has 0 aromatic heterocycles. The van der Waals surface area contributed by atoms with Gasteiger partial charge in [-0.15, -0.1) is 0 Å². The van der Waals surface area contributed by atoms with E-state index in [0.29, 0.717) is 0 Å². The molecule has 296 valence electrons. The molecule has 0 fully saturated rings. The van der Waals surface area contributed by atoms with Gasteiger partial charge in [-0.25, -0.2) is 0 Å². The van der Waals surface area contributed by atoms with Gasteiger partial charge in [0.05, 0.1) is 11.9 Å². The number of carboxylic acids is 2. The van der Waals surface area contributed by atoms with Crippen molar-refractivity contribution < 1.29 is 134 Å². The zero-order valence-electron chi connectivity index (χ0n) is 22.3. The van der Waals surface area contributed by atoms with Crippen LogP contribution in [0.1, 0.15) is 25.7 Å². The molecule has 0 atom stereocenters. The van der Waals surface area contributed by atoms with E-state index in [1.807, 2.05) is 0 Å². The molecule has 0 heterocycles. The van der Waals surface area contributed by atoms with Crippen LogP contribution >= 0.6 is 0 Å². The fourth-order valence-electron chi connectivity index (χ4n) is 3.23. The molecular formula is C20H8F26O4-2. The second kappa shape index (κ2) is 12.8. The summed E-state index contributed by atoms with van der Waals surface area (Å²) in [7, 11) is 0. The summed E-state index contributed by atoms with van der Waals surface area (Å²) in [6.07, 6.45) is -29.1. The van der Waals surface area contributed by atoms with Crippen LogP contribution in [0.15, 0.2) is 11.1 Å². The number of hydrogen-bond donors (Lipinski definition) is 0. The normalized spacial score (nSPS) is 16.4. The summed E-state index contributed by atoms with van der Waals surface area (Å²) in [5.41, 5.74) is -5.76. The predicted molar refractivity (Wildman–Crippen MR) is 97.1 cm³/mol. The highest BCUT2D eigenvalue weighted by molar-refractivity contribution is 5.97. The van der Waals surface area contributed by atoms with Gasteiger partial charge in [0.15, 0.2) is 0 Å². The first-order chi connectivity index (χ1) is 21.3. The quantitative estimate of drug-likeness (QED) is 0.127. The van der Waals surface area contributed by atoms with Crippen LogP contribution in [0.3, 0.4) is 0 Å². The largest absolute Gasteiger partial charge is 0.545 e. The van der Waals surface area contributed by atoms with Crippen LogP contribution in [0, 0.1) is 0 Å². The Morgan fingerprint density at radius 3 is 0.660 bits per heavy atom. The standard InChI is InChI=1S/C20H10F26O4/c21-9(22,11(25,26)13(29,30)15(33,34)17(37,38)19(41,42)43)3-1-5(7(47)48)6(8(49)50)2-4-10(23,24)12(27,28)14(31,32)16(35,36)18(39,40)20(44,45)46/h1-4H2,(H,47,48)(H,49,50)/p-2/b6-5-. The second-order valence-corrected chi connectivity index (χ2v) is 9.53. The van der Waals surface area contributed by atoms with Crippen molar-refractivity contribution in [2.45, 2.75) is 97.3 Å². The highest BCUT2D eigenvalue weighted by Gasteiger charge is 2.92. The third-order valence-corrected chi connectivity index (χ3v) is 6.23. The molecular weight excluding hydrogens is 798 g/mol. The molecule has 0 aliphatic rings. The highest BCUT2D eigenvalue weighted by Crippen LogP contribution is 2.62. The first kappa shape index (κ1) is 46.9. The van der Waals surface area contributed by atoms with Gasteiger partial charge >= 0.3 is 71.6 Å². The van der Waals surface area contributed by atoms with Gasteiger partial charge < -0.3 is 19.8 Å². The van der Waals surface area contributed by atoms with Crippen molar-refractivity contribution in [3.63, 3.8) is 0 Å². The Morgan fingerprint density at radius 1 is 0.320 bits per heavy atom. The van der Waals surface area contributed by atoms with Crippen LogP contribution in [0.2, 0.25) is 0 Å². The van der Waals surface area contributed by atoms with Gasteiger partial charge in [-0.2, -0.15) is 114 Å². The van der Waals surface area contributed by atoms with E-state index in [0.717, 1.165) is 0 Å².